The van der Waals surface area contributed by atoms with Crippen molar-refractivity contribution in [2.24, 2.45) is 5.73 Å². The Labute approximate surface area is 101 Å². The number of morpholine rings is 1. The van der Waals surface area contributed by atoms with Crippen LogP contribution < -0.4 is 5.73 Å². The fraction of sp³-hybridized carbons (Fsp3) is 0.583. The fourth-order valence-corrected chi connectivity index (χ4v) is 2.09. The van der Waals surface area contributed by atoms with E-state index >= 15 is 0 Å². The van der Waals surface area contributed by atoms with Crippen LogP contribution in [0.15, 0.2) is 18.3 Å². The van der Waals surface area contributed by atoms with E-state index in [0.29, 0.717) is 26.2 Å². The van der Waals surface area contributed by atoms with Gasteiger partial charge in [-0.2, -0.15) is 0 Å². The largest absolute Gasteiger partial charge is 0.373 e. The number of hydrogen-bond acceptors (Lipinski definition) is 3. The molecule has 1 aliphatic heterocycles. The van der Waals surface area contributed by atoms with Crippen LogP contribution in [-0.2, 0) is 11.3 Å². The van der Waals surface area contributed by atoms with Crippen LogP contribution in [0.3, 0.4) is 0 Å². The molecule has 17 heavy (non-hydrogen) atoms. The van der Waals surface area contributed by atoms with Crippen LogP contribution >= 0.6 is 0 Å². The first-order chi connectivity index (χ1) is 8.26. The van der Waals surface area contributed by atoms with E-state index in [4.69, 9.17) is 10.5 Å². The fourth-order valence-electron chi connectivity index (χ4n) is 2.09. The number of ether oxygens (including phenoxy) is 1. The molecule has 1 amide bonds. The van der Waals surface area contributed by atoms with Gasteiger partial charge in [0, 0.05) is 32.4 Å². The first kappa shape index (κ1) is 12.1. The van der Waals surface area contributed by atoms with E-state index in [-0.39, 0.29) is 12.0 Å². The third-order valence-corrected chi connectivity index (χ3v) is 3.08. The van der Waals surface area contributed by atoms with Gasteiger partial charge in [0.1, 0.15) is 5.69 Å². The van der Waals surface area contributed by atoms with E-state index in [1.165, 1.54) is 0 Å². The van der Waals surface area contributed by atoms with Crippen LogP contribution in [0.25, 0.3) is 0 Å². The number of amides is 1. The highest BCUT2D eigenvalue weighted by molar-refractivity contribution is 5.92. The summed E-state index contributed by atoms with van der Waals surface area (Å²) in [5.41, 5.74) is 6.31. The highest BCUT2D eigenvalue weighted by Crippen LogP contribution is 2.11. The summed E-state index contributed by atoms with van der Waals surface area (Å²) in [7, 11) is 0. The summed E-state index contributed by atoms with van der Waals surface area (Å²) in [4.78, 5) is 14.1. The topological polar surface area (TPSA) is 60.5 Å². The van der Waals surface area contributed by atoms with Gasteiger partial charge in [0.2, 0.25) is 0 Å². The van der Waals surface area contributed by atoms with Crippen molar-refractivity contribution in [3.8, 4) is 0 Å². The standard InChI is InChI=1S/C12H19N3O2/c1-2-14-5-3-4-11(14)12(16)15-6-7-17-10(8-13)9-15/h3-5,10H,2,6-9,13H2,1H3. The maximum atomic E-state index is 12.3. The van der Waals surface area contributed by atoms with Gasteiger partial charge in [-0.3, -0.25) is 4.79 Å². The monoisotopic (exact) mass is 237 g/mol. The zero-order chi connectivity index (χ0) is 12.3. The van der Waals surface area contributed by atoms with Gasteiger partial charge < -0.3 is 19.9 Å². The van der Waals surface area contributed by atoms with Crippen LogP contribution in [0.1, 0.15) is 17.4 Å². The Morgan fingerprint density at radius 2 is 2.47 bits per heavy atom. The number of rotatable bonds is 3. The SMILES string of the molecule is CCn1cccc1C(=O)N1CCOC(CN)C1. The van der Waals surface area contributed by atoms with Crippen molar-refractivity contribution in [1.82, 2.24) is 9.47 Å². The average Bonchev–Trinajstić information content (AvgIpc) is 2.86. The number of nitrogens with zero attached hydrogens (tertiary/aromatic N) is 2. The van der Waals surface area contributed by atoms with Crippen LogP contribution in [0.4, 0.5) is 0 Å². The van der Waals surface area contributed by atoms with Crippen LogP contribution in [0, 0.1) is 0 Å². The summed E-state index contributed by atoms with van der Waals surface area (Å²) < 4.78 is 7.41. The Balaban J connectivity index is 2.09. The predicted molar refractivity (Wildman–Crippen MR) is 64.8 cm³/mol. The number of hydrogen-bond donors (Lipinski definition) is 1. The zero-order valence-corrected chi connectivity index (χ0v) is 10.1. The molecule has 5 nitrogen and oxygen atoms in total. The Hall–Kier alpha value is -1.33. The van der Waals surface area contributed by atoms with E-state index in [1.807, 2.05) is 34.7 Å². The third-order valence-electron chi connectivity index (χ3n) is 3.08. The van der Waals surface area contributed by atoms with Crippen molar-refractivity contribution >= 4 is 5.91 Å². The second kappa shape index (κ2) is 5.33. The van der Waals surface area contributed by atoms with Crippen molar-refractivity contribution in [3.05, 3.63) is 24.0 Å². The molecule has 0 bridgehead atoms. The van der Waals surface area contributed by atoms with E-state index < -0.39 is 0 Å². The molecule has 1 unspecified atom stereocenters. The van der Waals surface area contributed by atoms with Crippen LogP contribution in [-0.4, -0.2) is 47.7 Å². The van der Waals surface area contributed by atoms with E-state index in [2.05, 4.69) is 0 Å². The molecule has 0 aromatic carbocycles. The lowest BCUT2D eigenvalue weighted by molar-refractivity contribution is -0.0171. The summed E-state index contributed by atoms with van der Waals surface area (Å²) >= 11 is 0. The van der Waals surface area contributed by atoms with Gasteiger partial charge in [-0.25, -0.2) is 0 Å². The molecular formula is C12H19N3O2. The van der Waals surface area contributed by atoms with Crippen LogP contribution in [0.2, 0.25) is 0 Å². The van der Waals surface area contributed by atoms with Gasteiger partial charge in [0.15, 0.2) is 0 Å². The molecule has 94 valence electrons. The van der Waals surface area contributed by atoms with E-state index in [0.717, 1.165) is 12.2 Å². The molecule has 1 fully saturated rings. The summed E-state index contributed by atoms with van der Waals surface area (Å²) in [5, 5.41) is 0. The predicted octanol–water partition coefficient (Wildman–Crippen LogP) is 0.308. The van der Waals surface area contributed by atoms with E-state index in [9.17, 15) is 4.79 Å². The molecule has 0 spiro atoms. The summed E-state index contributed by atoms with van der Waals surface area (Å²) in [6.07, 6.45) is 1.89. The van der Waals surface area contributed by atoms with Crippen molar-refractivity contribution in [3.63, 3.8) is 0 Å². The van der Waals surface area contributed by atoms with Crippen LogP contribution in [0.5, 0.6) is 0 Å². The average molecular weight is 237 g/mol. The van der Waals surface area contributed by atoms with Gasteiger partial charge >= 0.3 is 0 Å². The molecule has 1 aliphatic rings. The first-order valence-electron chi connectivity index (χ1n) is 6.02. The zero-order valence-electron chi connectivity index (χ0n) is 10.1. The van der Waals surface area contributed by atoms with Crippen molar-refractivity contribution < 1.29 is 9.53 Å². The number of aromatic nitrogens is 1. The summed E-state index contributed by atoms with van der Waals surface area (Å²) in [5.74, 6) is 0.0681. The first-order valence-corrected chi connectivity index (χ1v) is 6.02. The van der Waals surface area contributed by atoms with E-state index in [1.54, 1.807) is 0 Å². The Morgan fingerprint density at radius 1 is 1.65 bits per heavy atom. The van der Waals surface area contributed by atoms with Crippen molar-refractivity contribution in [2.75, 3.05) is 26.2 Å². The maximum Gasteiger partial charge on any atom is 0.270 e. The van der Waals surface area contributed by atoms with Gasteiger partial charge in [0.05, 0.1) is 12.7 Å². The molecule has 2 heterocycles. The van der Waals surface area contributed by atoms with Crippen molar-refractivity contribution in [1.29, 1.82) is 0 Å². The number of carbonyl (C=O) groups is 1. The quantitative estimate of drug-likeness (QED) is 0.823. The molecule has 2 rings (SSSR count). The molecule has 2 N–H and O–H groups in total. The molecule has 1 atom stereocenters. The molecule has 1 saturated heterocycles. The van der Waals surface area contributed by atoms with Gasteiger partial charge in [0.25, 0.3) is 5.91 Å². The minimum Gasteiger partial charge on any atom is -0.373 e. The minimum atomic E-state index is -0.0299. The van der Waals surface area contributed by atoms with Gasteiger partial charge in [-0.05, 0) is 19.1 Å². The second-order valence-corrected chi connectivity index (χ2v) is 4.16. The Bertz CT molecular complexity index is 389. The normalized spacial score (nSPS) is 20.6. The number of carbonyl (C=O) groups excluding carboxylic acids is 1. The lowest BCUT2D eigenvalue weighted by atomic mass is 10.2. The minimum absolute atomic E-state index is 0.0299. The highest BCUT2D eigenvalue weighted by Gasteiger charge is 2.25. The molecule has 0 radical (unpaired) electrons. The lowest BCUT2D eigenvalue weighted by Crippen LogP contribution is -2.48. The number of nitrogens with two attached hydrogens (primary N) is 1. The molecule has 0 aliphatic carbocycles. The van der Waals surface area contributed by atoms with Gasteiger partial charge in [-0.15, -0.1) is 0 Å². The van der Waals surface area contributed by atoms with Gasteiger partial charge in [-0.1, -0.05) is 0 Å². The smallest absolute Gasteiger partial charge is 0.270 e. The molecule has 0 saturated carbocycles. The van der Waals surface area contributed by atoms with Crippen molar-refractivity contribution in [2.45, 2.75) is 19.6 Å². The summed E-state index contributed by atoms with van der Waals surface area (Å²) in [6, 6.07) is 3.76. The number of aryl methyl sites for hydroxylation is 1. The maximum absolute atomic E-state index is 12.3. The summed E-state index contributed by atoms with van der Waals surface area (Å²) in [6.45, 7) is 5.09. The third kappa shape index (κ3) is 2.50. The molecule has 5 heteroatoms. The lowest BCUT2D eigenvalue weighted by Gasteiger charge is -2.32. The molecular weight excluding hydrogens is 218 g/mol. The molecule has 1 aromatic heterocycles. The second-order valence-electron chi connectivity index (χ2n) is 4.16. The molecule has 1 aromatic rings. The highest BCUT2D eigenvalue weighted by atomic mass is 16.5. The Kier molecular flexibility index (Phi) is 3.81. The Morgan fingerprint density at radius 3 is 3.18 bits per heavy atom.